The van der Waals surface area contributed by atoms with E-state index in [2.05, 4.69) is 4.72 Å². The fraction of sp³-hybridized carbons (Fsp3) is 0.556. The van der Waals surface area contributed by atoms with Gasteiger partial charge in [-0.3, -0.25) is 4.79 Å². The molecule has 1 aromatic carbocycles. The molecule has 134 valence electrons. The molecule has 2 saturated carbocycles. The van der Waals surface area contributed by atoms with Crippen LogP contribution in [0.15, 0.2) is 29.2 Å². The number of benzene rings is 1. The van der Waals surface area contributed by atoms with E-state index >= 15 is 0 Å². The first kappa shape index (κ1) is 17.9. The molecule has 0 spiro atoms. The average Bonchev–Trinajstić information content (AvgIpc) is 3.49. The van der Waals surface area contributed by atoms with Gasteiger partial charge in [-0.05, 0) is 61.8 Å². The zero-order chi connectivity index (χ0) is 18.0. The lowest BCUT2D eigenvalue weighted by Crippen LogP contribution is -2.40. The molecule has 0 aliphatic heterocycles. The Labute approximate surface area is 148 Å². The van der Waals surface area contributed by atoms with Crippen molar-refractivity contribution in [3.63, 3.8) is 0 Å². The van der Waals surface area contributed by atoms with Crippen LogP contribution in [0, 0.1) is 23.2 Å². The van der Waals surface area contributed by atoms with E-state index < -0.39 is 10.0 Å². The Morgan fingerprint density at radius 1 is 1.24 bits per heavy atom. The Morgan fingerprint density at radius 3 is 2.28 bits per heavy atom. The normalized spacial score (nSPS) is 17.3. The van der Waals surface area contributed by atoms with Crippen LogP contribution in [0.25, 0.3) is 0 Å². The SMILES string of the molecule is CN(C(=O)c1ccc(S(=O)(=O)NCCC#N)cc1)C(C1CC1)C1CC1. The standard InChI is InChI=1S/C18H23N3O3S/c1-21(17(13-3-4-13)14-5-6-14)18(22)15-7-9-16(10-8-15)25(23,24)20-12-2-11-19/h7-10,13-14,17,20H,2-6,12H2,1H3. The van der Waals surface area contributed by atoms with Crippen molar-refractivity contribution < 1.29 is 13.2 Å². The minimum Gasteiger partial charge on any atom is -0.338 e. The molecule has 1 amide bonds. The lowest BCUT2D eigenvalue weighted by Gasteiger charge is -2.28. The third-order valence-corrected chi connectivity index (χ3v) is 6.39. The van der Waals surface area contributed by atoms with Crippen molar-refractivity contribution in [2.75, 3.05) is 13.6 Å². The molecular weight excluding hydrogens is 338 g/mol. The summed E-state index contributed by atoms with van der Waals surface area (Å²) in [7, 11) is -1.79. The molecular formula is C18H23N3O3S. The molecule has 2 aliphatic carbocycles. The molecule has 6 nitrogen and oxygen atoms in total. The van der Waals surface area contributed by atoms with Gasteiger partial charge in [-0.1, -0.05) is 0 Å². The summed E-state index contributed by atoms with van der Waals surface area (Å²) in [6.45, 7) is 0.0761. The number of nitrogens with zero attached hydrogens (tertiary/aromatic N) is 2. The second-order valence-electron chi connectivity index (χ2n) is 6.91. The predicted molar refractivity (Wildman–Crippen MR) is 93.2 cm³/mol. The van der Waals surface area contributed by atoms with Crippen LogP contribution in [0.5, 0.6) is 0 Å². The Hall–Kier alpha value is -1.91. The van der Waals surface area contributed by atoms with Crippen molar-refractivity contribution in [3.8, 4) is 6.07 Å². The number of carbonyl (C=O) groups is 1. The average molecular weight is 361 g/mol. The fourth-order valence-electron chi connectivity index (χ4n) is 3.33. The first-order valence-electron chi connectivity index (χ1n) is 8.68. The van der Waals surface area contributed by atoms with Crippen LogP contribution in [0.1, 0.15) is 42.5 Å². The summed E-state index contributed by atoms with van der Waals surface area (Å²) in [4.78, 5) is 14.7. The van der Waals surface area contributed by atoms with E-state index in [0.29, 0.717) is 23.4 Å². The van der Waals surface area contributed by atoms with Crippen molar-refractivity contribution >= 4 is 15.9 Å². The monoisotopic (exact) mass is 361 g/mol. The molecule has 3 rings (SSSR count). The number of nitriles is 1. The molecule has 7 heteroatoms. The van der Waals surface area contributed by atoms with Gasteiger partial charge in [0.15, 0.2) is 0 Å². The molecule has 0 aromatic heterocycles. The van der Waals surface area contributed by atoms with Crippen LogP contribution < -0.4 is 4.72 Å². The third-order valence-electron chi connectivity index (χ3n) is 4.92. The van der Waals surface area contributed by atoms with E-state index in [0.717, 1.165) is 0 Å². The van der Waals surface area contributed by atoms with Crippen LogP contribution in [0.2, 0.25) is 0 Å². The van der Waals surface area contributed by atoms with Crippen molar-refractivity contribution in [1.29, 1.82) is 5.26 Å². The molecule has 0 saturated heterocycles. The number of amides is 1. The molecule has 1 N–H and O–H groups in total. The summed E-state index contributed by atoms with van der Waals surface area (Å²) in [5, 5.41) is 8.49. The highest BCUT2D eigenvalue weighted by atomic mass is 32.2. The molecule has 2 fully saturated rings. The third kappa shape index (κ3) is 4.20. The zero-order valence-electron chi connectivity index (χ0n) is 14.3. The maximum atomic E-state index is 12.7. The molecule has 2 aliphatic rings. The van der Waals surface area contributed by atoms with Crippen molar-refractivity contribution in [3.05, 3.63) is 29.8 Å². The molecule has 0 bridgehead atoms. The van der Waals surface area contributed by atoms with E-state index in [1.807, 2.05) is 18.0 Å². The second kappa shape index (κ2) is 7.14. The van der Waals surface area contributed by atoms with E-state index in [4.69, 9.17) is 5.26 Å². The first-order valence-corrected chi connectivity index (χ1v) is 10.2. The Bertz CT molecular complexity index is 763. The number of hydrogen-bond donors (Lipinski definition) is 1. The highest BCUT2D eigenvalue weighted by Gasteiger charge is 2.45. The Morgan fingerprint density at radius 2 is 1.80 bits per heavy atom. The van der Waals surface area contributed by atoms with E-state index in [9.17, 15) is 13.2 Å². The van der Waals surface area contributed by atoms with E-state index in [1.54, 1.807) is 12.1 Å². The summed E-state index contributed by atoms with van der Waals surface area (Å²) in [5.41, 5.74) is 0.504. The minimum absolute atomic E-state index is 0.0508. The maximum Gasteiger partial charge on any atom is 0.253 e. The van der Waals surface area contributed by atoms with Gasteiger partial charge < -0.3 is 4.90 Å². The fourth-order valence-corrected chi connectivity index (χ4v) is 4.37. The van der Waals surface area contributed by atoms with Gasteiger partial charge in [-0.2, -0.15) is 5.26 Å². The number of hydrogen-bond acceptors (Lipinski definition) is 4. The summed E-state index contributed by atoms with van der Waals surface area (Å²) >= 11 is 0. The number of sulfonamides is 1. The van der Waals surface area contributed by atoms with Gasteiger partial charge >= 0.3 is 0 Å². The van der Waals surface area contributed by atoms with Crippen molar-refractivity contribution in [2.24, 2.45) is 11.8 Å². The molecule has 0 heterocycles. The van der Waals surface area contributed by atoms with Gasteiger partial charge in [0.2, 0.25) is 10.0 Å². The largest absolute Gasteiger partial charge is 0.338 e. The summed E-state index contributed by atoms with van der Waals surface area (Å²) in [6.07, 6.45) is 4.91. The highest BCUT2D eigenvalue weighted by molar-refractivity contribution is 7.89. The molecule has 0 unspecified atom stereocenters. The summed E-state index contributed by atoms with van der Waals surface area (Å²) in [6, 6.07) is 8.23. The summed E-state index contributed by atoms with van der Waals surface area (Å²) in [5.74, 6) is 1.21. The predicted octanol–water partition coefficient (Wildman–Crippen LogP) is 2.14. The minimum atomic E-state index is -3.64. The maximum absolute atomic E-state index is 12.7. The molecule has 1 aromatic rings. The molecule has 0 radical (unpaired) electrons. The molecule has 25 heavy (non-hydrogen) atoms. The van der Waals surface area contributed by atoms with Crippen LogP contribution in [-0.2, 0) is 10.0 Å². The highest BCUT2D eigenvalue weighted by Crippen LogP contribution is 2.47. The molecule has 0 atom stereocenters. The first-order chi connectivity index (χ1) is 11.9. The Kier molecular flexibility index (Phi) is 5.11. The Balaban J connectivity index is 1.69. The van der Waals surface area contributed by atoms with Crippen LogP contribution in [0.4, 0.5) is 0 Å². The number of nitrogens with one attached hydrogen (secondary N) is 1. The lowest BCUT2D eigenvalue weighted by atomic mass is 10.0. The summed E-state index contributed by atoms with van der Waals surface area (Å²) < 4.78 is 26.6. The van der Waals surface area contributed by atoms with Crippen LogP contribution >= 0.6 is 0 Å². The van der Waals surface area contributed by atoms with E-state index in [-0.39, 0.29) is 23.8 Å². The van der Waals surface area contributed by atoms with Gasteiger partial charge in [0.05, 0.1) is 11.0 Å². The number of rotatable bonds is 8. The van der Waals surface area contributed by atoms with E-state index in [1.165, 1.54) is 37.8 Å². The van der Waals surface area contributed by atoms with Crippen molar-refractivity contribution in [2.45, 2.75) is 43.0 Å². The van der Waals surface area contributed by atoms with Gasteiger partial charge in [0.25, 0.3) is 5.91 Å². The van der Waals surface area contributed by atoms with Crippen molar-refractivity contribution in [1.82, 2.24) is 9.62 Å². The quantitative estimate of drug-likeness (QED) is 0.718. The van der Waals surface area contributed by atoms with Crippen LogP contribution in [-0.4, -0.2) is 38.9 Å². The van der Waals surface area contributed by atoms with Gasteiger partial charge in [-0.25, -0.2) is 13.1 Å². The number of carbonyl (C=O) groups excluding carboxylic acids is 1. The van der Waals surface area contributed by atoms with Gasteiger partial charge in [0, 0.05) is 31.6 Å². The smallest absolute Gasteiger partial charge is 0.253 e. The second-order valence-corrected chi connectivity index (χ2v) is 8.68. The topological polar surface area (TPSA) is 90.3 Å². The zero-order valence-corrected chi connectivity index (χ0v) is 15.1. The van der Waals surface area contributed by atoms with Crippen LogP contribution in [0.3, 0.4) is 0 Å². The lowest BCUT2D eigenvalue weighted by molar-refractivity contribution is 0.0690. The van der Waals surface area contributed by atoms with Gasteiger partial charge in [0.1, 0.15) is 0 Å². The van der Waals surface area contributed by atoms with Gasteiger partial charge in [-0.15, -0.1) is 0 Å².